The zero-order chi connectivity index (χ0) is 15.8. The van der Waals surface area contributed by atoms with Gasteiger partial charge >= 0.3 is 0 Å². The molecular formula is C17H19N3O3. The van der Waals surface area contributed by atoms with Gasteiger partial charge in [0.25, 0.3) is 5.89 Å². The third-order valence-electron chi connectivity index (χ3n) is 4.39. The molecule has 2 aliphatic rings. The fourth-order valence-corrected chi connectivity index (χ4v) is 2.89. The van der Waals surface area contributed by atoms with Crippen molar-refractivity contribution in [3.05, 3.63) is 30.1 Å². The number of likely N-dealkylation sites (tertiary alicyclic amines) is 1. The molecule has 23 heavy (non-hydrogen) atoms. The Labute approximate surface area is 134 Å². The molecule has 1 saturated heterocycles. The lowest BCUT2D eigenvalue weighted by Gasteiger charge is -2.16. The van der Waals surface area contributed by atoms with Crippen molar-refractivity contribution in [3.8, 4) is 17.2 Å². The average Bonchev–Trinajstić information content (AvgIpc) is 3.10. The minimum absolute atomic E-state index is 0.00544. The van der Waals surface area contributed by atoms with Crippen LogP contribution in [0.4, 0.5) is 0 Å². The normalized spacial score (nSPS) is 20.7. The number of benzene rings is 1. The molecule has 1 aromatic carbocycles. The highest BCUT2D eigenvalue weighted by Crippen LogP contribution is 2.39. The number of amides is 1. The molecule has 1 aliphatic carbocycles. The number of aromatic nitrogens is 2. The Kier molecular flexibility index (Phi) is 3.52. The van der Waals surface area contributed by atoms with Crippen LogP contribution in [0.5, 0.6) is 5.75 Å². The van der Waals surface area contributed by atoms with Gasteiger partial charge in [-0.05, 0) is 25.0 Å². The van der Waals surface area contributed by atoms with Crippen LogP contribution in [0.2, 0.25) is 0 Å². The molecule has 0 spiro atoms. The summed E-state index contributed by atoms with van der Waals surface area (Å²) in [5.74, 6) is 2.58. The third kappa shape index (κ3) is 2.93. The molecule has 1 unspecified atom stereocenters. The summed E-state index contributed by atoms with van der Waals surface area (Å²) in [6.45, 7) is 2.96. The summed E-state index contributed by atoms with van der Waals surface area (Å²) in [6, 6.07) is 7.69. The van der Waals surface area contributed by atoms with Gasteiger partial charge in [0.15, 0.2) is 5.82 Å². The van der Waals surface area contributed by atoms with Crippen LogP contribution in [0.25, 0.3) is 11.5 Å². The number of para-hydroxylation sites is 1. The van der Waals surface area contributed by atoms with Crippen molar-refractivity contribution < 1.29 is 14.1 Å². The molecule has 1 atom stereocenters. The molecular weight excluding hydrogens is 294 g/mol. The van der Waals surface area contributed by atoms with Gasteiger partial charge in [0.2, 0.25) is 5.91 Å². The summed E-state index contributed by atoms with van der Waals surface area (Å²) in [7, 11) is 0. The molecule has 1 amide bonds. The predicted octanol–water partition coefficient (Wildman–Crippen LogP) is 2.61. The first-order chi connectivity index (χ1) is 11.2. The van der Waals surface area contributed by atoms with E-state index in [2.05, 4.69) is 10.1 Å². The second kappa shape index (κ2) is 5.68. The Bertz CT molecular complexity index is 723. The second-order valence-corrected chi connectivity index (χ2v) is 6.22. The van der Waals surface area contributed by atoms with Crippen LogP contribution in [0.15, 0.2) is 28.8 Å². The van der Waals surface area contributed by atoms with E-state index in [1.807, 2.05) is 29.2 Å². The first-order valence-electron chi connectivity index (χ1n) is 8.06. The quantitative estimate of drug-likeness (QED) is 0.868. The highest BCUT2D eigenvalue weighted by molar-refractivity contribution is 5.73. The maximum absolute atomic E-state index is 11.4. The highest BCUT2D eigenvalue weighted by Gasteiger charge is 2.30. The number of carbonyl (C=O) groups is 1. The van der Waals surface area contributed by atoms with E-state index in [0.29, 0.717) is 18.4 Å². The van der Waals surface area contributed by atoms with E-state index in [1.54, 1.807) is 6.92 Å². The van der Waals surface area contributed by atoms with Crippen LogP contribution in [-0.2, 0) is 4.79 Å². The van der Waals surface area contributed by atoms with Gasteiger partial charge in [-0.3, -0.25) is 4.79 Å². The minimum Gasteiger partial charge on any atom is -0.488 e. The molecule has 2 fully saturated rings. The molecule has 1 saturated carbocycles. The molecule has 0 radical (unpaired) electrons. The van der Waals surface area contributed by atoms with Gasteiger partial charge in [-0.25, -0.2) is 0 Å². The van der Waals surface area contributed by atoms with Crippen LogP contribution < -0.4 is 4.74 Å². The van der Waals surface area contributed by atoms with Gasteiger partial charge in [0.1, 0.15) is 11.9 Å². The smallest absolute Gasteiger partial charge is 0.261 e. The Balaban J connectivity index is 1.53. The first kappa shape index (κ1) is 14.2. The predicted molar refractivity (Wildman–Crippen MR) is 83.0 cm³/mol. The SMILES string of the molecule is CC(=O)N1CCC(Oc2ccccc2-c2nc(C3CC3)no2)C1. The van der Waals surface area contributed by atoms with Crippen molar-refractivity contribution in [1.29, 1.82) is 0 Å². The van der Waals surface area contributed by atoms with Crippen molar-refractivity contribution in [2.45, 2.75) is 38.2 Å². The van der Waals surface area contributed by atoms with E-state index in [0.717, 1.165) is 42.9 Å². The lowest BCUT2D eigenvalue weighted by atomic mass is 10.2. The highest BCUT2D eigenvalue weighted by atomic mass is 16.5. The molecule has 0 N–H and O–H groups in total. The van der Waals surface area contributed by atoms with Crippen molar-refractivity contribution in [3.63, 3.8) is 0 Å². The third-order valence-corrected chi connectivity index (χ3v) is 4.39. The van der Waals surface area contributed by atoms with Gasteiger partial charge in [-0.2, -0.15) is 4.98 Å². The standard InChI is InChI=1S/C17H19N3O3/c1-11(21)20-9-8-13(10-20)22-15-5-3-2-4-14(15)17-18-16(19-23-17)12-6-7-12/h2-5,12-13H,6-10H2,1H3. The van der Waals surface area contributed by atoms with Crippen molar-refractivity contribution in [1.82, 2.24) is 15.0 Å². The van der Waals surface area contributed by atoms with Gasteiger partial charge in [0, 0.05) is 25.8 Å². The number of hydrogen-bond acceptors (Lipinski definition) is 5. The average molecular weight is 313 g/mol. The largest absolute Gasteiger partial charge is 0.488 e. The van der Waals surface area contributed by atoms with Crippen molar-refractivity contribution >= 4 is 5.91 Å². The van der Waals surface area contributed by atoms with Crippen LogP contribution >= 0.6 is 0 Å². The van der Waals surface area contributed by atoms with E-state index in [1.165, 1.54) is 0 Å². The molecule has 6 nitrogen and oxygen atoms in total. The van der Waals surface area contributed by atoms with E-state index in [4.69, 9.17) is 9.26 Å². The molecule has 1 aromatic heterocycles. The first-order valence-corrected chi connectivity index (χ1v) is 8.06. The number of hydrogen-bond donors (Lipinski definition) is 0. The Morgan fingerprint density at radius 2 is 2.13 bits per heavy atom. The van der Waals surface area contributed by atoms with E-state index >= 15 is 0 Å². The lowest BCUT2D eigenvalue weighted by Crippen LogP contribution is -2.28. The number of nitrogens with zero attached hydrogens (tertiary/aromatic N) is 3. The summed E-state index contributed by atoms with van der Waals surface area (Å²) in [4.78, 5) is 17.8. The second-order valence-electron chi connectivity index (χ2n) is 6.22. The topological polar surface area (TPSA) is 68.5 Å². The summed E-state index contributed by atoms with van der Waals surface area (Å²) < 4.78 is 11.5. The molecule has 120 valence electrons. The zero-order valence-electron chi connectivity index (χ0n) is 13.1. The van der Waals surface area contributed by atoms with Gasteiger partial charge < -0.3 is 14.2 Å². The van der Waals surface area contributed by atoms with Gasteiger partial charge in [-0.15, -0.1) is 0 Å². The minimum atomic E-state index is 0.00544. The molecule has 4 rings (SSSR count). The Morgan fingerprint density at radius 1 is 1.30 bits per heavy atom. The molecule has 2 heterocycles. The zero-order valence-corrected chi connectivity index (χ0v) is 13.1. The molecule has 2 aromatic rings. The number of ether oxygens (including phenoxy) is 1. The number of carbonyl (C=O) groups excluding carboxylic acids is 1. The fourth-order valence-electron chi connectivity index (χ4n) is 2.89. The molecule has 0 bridgehead atoms. The monoisotopic (exact) mass is 313 g/mol. The van der Waals surface area contributed by atoms with Crippen LogP contribution in [0, 0.1) is 0 Å². The Morgan fingerprint density at radius 3 is 2.87 bits per heavy atom. The Hall–Kier alpha value is -2.37. The van der Waals surface area contributed by atoms with Crippen LogP contribution in [0.1, 0.15) is 37.9 Å². The summed E-state index contributed by atoms with van der Waals surface area (Å²) in [5, 5.41) is 4.07. The van der Waals surface area contributed by atoms with Crippen LogP contribution in [0.3, 0.4) is 0 Å². The summed E-state index contributed by atoms with van der Waals surface area (Å²) in [6.07, 6.45) is 3.12. The maximum Gasteiger partial charge on any atom is 0.261 e. The van der Waals surface area contributed by atoms with Gasteiger partial charge in [-0.1, -0.05) is 17.3 Å². The number of rotatable bonds is 4. The summed E-state index contributed by atoms with van der Waals surface area (Å²) >= 11 is 0. The van der Waals surface area contributed by atoms with Crippen molar-refractivity contribution in [2.75, 3.05) is 13.1 Å². The summed E-state index contributed by atoms with van der Waals surface area (Å²) in [5.41, 5.74) is 0.813. The lowest BCUT2D eigenvalue weighted by molar-refractivity contribution is -0.128. The van der Waals surface area contributed by atoms with Crippen LogP contribution in [-0.4, -0.2) is 40.1 Å². The maximum atomic E-state index is 11.4. The van der Waals surface area contributed by atoms with E-state index in [9.17, 15) is 4.79 Å². The fraction of sp³-hybridized carbons (Fsp3) is 0.471. The van der Waals surface area contributed by atoms with E-state index in [-0.39, 0.29) is 12.0 Å². The molecule has 6 heteroatoms. The van der Waals surface area contributed by atoms with Crippen molar-refractivity contribution in [2.24, 2.45) is 0 Å². The van der Waals surface area contributed by atoms with E-state index < -0.39 is 0 Å². The van der Waals surface area contributed by atoms with Gasteiger partial charge in [0.05, 0.1) is 12.1 Å². The molecule has 1 aliphatic heterocycles.